The predicted molar refractivity (Wildman–Crippen MR) is 224 cm³/mol. The minimum atomic E-state index is -0.726. The molecule has 1 unspecified atom stereocenters. The number of alkyl carbamates (subject to hydrolysis) is 2. The SMILES string of the molecule is COC(=O)NC(C(=O)N1[C@@H]2CC[C@@H](C2)[C@H]1c1nc2c(ccc3cc(-c4ccc(-c5nc([C@@H]6CCCN6C(=O)[C@@H](NC(=O)OC)C(C)C)[nH]c5Cl)cc4)ccc32)[nH]1)C(C)C. The summed E-state index contributed by atoms with van der Waals surface area (Å²) in [6.45, 7) is 8.18. The number of likely N-dealkylation sites (tertiary alicyclic amines) is 2. The van der Waals surface area contributed by atoms with Crippen LogP contribution in [0.1, 0.15) is 83.5 Å². The fourth-order valence-corrected chi connectivity index (χ4v) is 9.64. The minimum absolute atomic E-state index is 0.0999. The second-order valence-corrected chi connectivity index (χ2v) is 17.1. The number of carbonyl (C=O) groups excluding carboxylic acids is 4. The Morgan fingerprint density at radius 1 is 0.780 bits per heavy atom. The summed E-state index contributed by atoms with van der Waals surface area (Å²) in [5.41, 5.74) is 5.26. The van der Waals surface area contributed by atoms with Gasteiger partial charge in [-0.1, -0.05) is 81.8 Å². The van der Waals surface area contributed by atoms with E-state index in [4.69, 9.17) is 31.0 Å². The quantitative estimate of drug-likeness (QED) is 0.110. The van der Waals surface area contributed by atoms with Gasteiger partial charge in [0.25, 0.3) is 0 Å². The van der Waals surface area contributed by atoms with Crippen molar-refractivity contribution in [2.24, 2.45) is 17.8 Å². The molecule has 14 nitrogen and oxygen atoms in total. The van der Waals surface area contributed by atoms with Gasteiger partial charge in [0.1, 0.15) is 34.6 Å². The van der Waals surface area contributed by atoms with Crippen LogP contribution in [0.25, 0.3) is 44.2 Å². The standard InChI is InChI=1S/C44H51ClN8O6/c1-22(2)33(49-43(56)58-5)41(54)52-19-7-8-32(52)39-47-35(38(45)51-39)25-11-9-24(10-12-25)26-14-17-30-27(20-26)15-18-31-36(30)48-40(46-31)37-28-13-16-29(21-28)53(37)42(55)34(23(3)4)50-44(57)59-6/h9-12,14-15,17-18,20,22-23,28-29,32-34,37H,7-8,13,16,19,21H2,1-6H3,(H,46,48)(H,47,51)(H,49,56)(H,50,57)/t28-,29+,32-,33-,34?,37-/m0/s1. The number of aromatic amines is 2. The number of hydrogen-bond acceptors (Lipinski definition) is 8. The molecule has 3 fully saturated rings. The number of hydrogen-bond donors (Lipinski definition) is 4. The molecule has 310 valence electrons. The summed E-state index contributed by atoms with van der Waals surface area (Å²) < 4.78 is 9.61. The van der Waals surface area contributed by atoms with E-state index in [1.807, 2.05) is 62.9 Å². The first-order valence-corrected chi connectivity index (χ1v) is 20.8. The van der Waals surface area contributed by atoms with Gasteiger partial charge < -0.3 is 39.9 Å². The number of aromatic nitrogens is 4. The van der Waals surface area contributed by atoms with E-state index in [2.05, 4.69) is 44.9 Å². The van der Waals surface area contributed by atoms with Crippen LogP contribution in [0.2, 0.25) is 5.15 Å². The highest BCUT2D eigenvalue weighted by molar-refractivity contribution is 6.32. The number of halogens is 1. The van der Waals surface area contributed by atoms with Crippen LogP contribution in [-0.2, 0) is 19.1 Å². The zero-order valence-corrected chi connectivity index (χ0v) is 34.9. The van der Waals surface area contributed by atoms with Gasteiger partial charge in [0.2, 0.25) is 11.8 Å². The number of benzene rings is 3. The van der Waals surface area contributed by atoms with Crippen molar-refractivity contribution >= 4 is 57.4 Å². The van der Waals surface area contributed by atoms with Crippen LogP contribution in [0.3, 0.4) is 0 Å². The third-order valence-corrected chi connectivity index (χ3v) is 12.7. The van der Waals surface area contributed by atoms with Gasteiger partial charge in [-0.3, -0.25) is 9.59 Å². The number of amides is 4. The summed E-state index contributed by atoms with van der Waals surface area (Å²) in [6, 6.07) is 16.7. The summed E-state index contributed by atoms with van der Waals surface area (Å²) >= 11 is 6.75. The van der Waals surface area contributed by atoms with Crippen molar-refractivity contribution in [3.63, 3.8) is 0 Å². The molecule has 0 radical (unpaired) electrons. The number of imidazole rings is 2. The summed E-state index contributed by atoms with van der Waals surface area (Å²) in [5, 5.41) is 7.90. The smallest absolute Gasteiger partial charge is 0.407 e. The molecule has 6 atom stereocenters. The van der Waals surface area contributed by atoms with Gasteiger partial charge in [-0.2, -0.15) is 0 Å². The Bertz CT molecular complexity index is 2410. The molecule has 4 N–H and O–H groups in total. The number of fused-ring (bicyclic) bond motifs is 5. The normalized spacial score (nSPS) is 21.1. The van der Waals surface area contributed by atoms with Gasteiger partial charge in [0.05, 0.1) is 37.3 Å². The van der Waals surface area contributed by atoms with Crippen LogP contribution < -0.4 is 10.6 Å². The number of methoxy groups -OCH3 is 2. The van der Waals surface area contributed by atoms with Crippen LogP contribution in [0.5, 0.6) is 0 Å². The lowest BCUT2D eigenvalue weighted by Gasteiger charge is -2.37. The Kier molecular flexibility index (Phi) is 11.0. The van der Waals surface area contributed by atoms with Gasteiger partial charge >= 0.3 is 12.2 Å². The molecule has 15 heteroatoms. The maximum Gasteiger partial charge on any atom is 0.407 e. The molecular formula is C44H51ClN8O6. The first-order chi connectivity index (χ1) is 28.4. The Labute approximate surface area is 347 Å². The van der Waals surface area contributed by atoms with Gasteiger partial charge in [-0.25, -0.2) is 19.6 Å². The molecule has 4 heterocycles. The van der Waals surface area contributed by atoms with E-state index in [-0.39, 0.29) is 41.8 Å². The number of nitrogens with zero attached hydrogens (tertiary/aromatic N) is 4. The highest BCUT2D eigenvalue weighted by atomic mass is 35.5. The molecule has 2 saturated heterocycles. The molecule has 1 aliphatic carbocycles. The maximum absolute atomic E-state index is 14.1. The van der Waals surface area contributed by atoms with Gasteiger partial charge in [0.15, 0.2) is 0 Å². The molecule has 4 amide bonds. The Hall–Kier alpha value is -5.63. The van der Waals surface area contributed by atoms with Gasteiger partial charge in [0, 0.05) is 23.5 Å². The molecule has 59 heavy (non-hydrogen) atoms. The molecule has 2 aromatic heterocycles. The molecule has 8 rings (SSSR count). The molecule has 3 aromatic carbocycles. The van der Waals surface area contributed by atoms with Crippen LogP contribution in [0.4, 0.5) is 9.59 Å². The Morgan fingerprint density at radius 2 is 1.44 bits per heavy atom. The van der Waals surface area contributed by atoms with Crippen LogP contribution in [0.15, 0.2) is 54.6 Å². The second-order valence-electron chi connectivity index (χ2n) is 16.7. The highest BCUT2D eigenvalue weighted by Crippen LogP contribution is 2.50. The van der Waals surface area contributed by atoms with Gasteiger partial charge in [-0.05, 0) is 78.5 Å². The third-order valence-electron chi connectivity index (χ3n) is 12.4. The predicted octanol–water partition coefficient (Wildman–Crippen LogP) is 7.90. The van der Waals surface area contributed by atoms with E-state index in [1.54, 1.807) is 4.90 Å². The van der Waals surface area contributed by atoms with Crippen molar-refractivity contribution in [2.45, 2.75) is 90.0 Å². The summed E-state index contributed by atoms with van der Waals surface area (Å²) in [6.07, 6.45) is 3.16. The molecular weight excluding hydrogens is 772 g/mol. The Morgan fingerprint density at radius 3 is 2.12 bits per heavy atom. The number of piperidine rings is 1. The lowest BCUT2D eigenvalue weighted by molar-refractivity contribution is -0.139. The fraction of sp³-hybridized carbons (Fsp3) is 0.455. The van der Waals surface area contributed by atoms with Gasteiger partial charge in [-0.15, -0.1) is 0 Å². The van der Waals surface area contributed by atoms with Crippen LogP contribution in [-0.4, -0.2) is 92.6 Å². The van der Waals surface area contributed by atoms with Crippen molar-refractivity contribution in [3.05, 3.63) is 71.4 Å². The first-order valence-electron chi connectivity index (χ1n) is 20.5. The van der Waals surface area contributed by atoms with Crippen LogP contribution >= 0.6 is 11.6 Å². The van der Waals surface area contributed by atoms with Crippen LogP contribution in [0, 0.1) is 17.8 Å². The molecule has 2 aliphatic heterocycles. The first kappa shape index (κ1) is 40.2. The van der Waals surface area contributed by atoms with Crippen molar-refractivity contribution in [1.29, 1.82) is 0 Å². The molecule has 5 aromatic rings. The second kappa shape index (κ2) is 16.2. The molecule has 3 aliphatic rings. The average Bonchev–Trinajstić information content (AvgIpc) is 4.09. The lowest BCUT2D eigenvalue weighted by atomic mass is 9.95. The number of carbonyl (C=O) groups is 4. The number of rotatable bonds is 10. The summed E-state index contributed by atoms with van der Waals surface area (Å²) in [4.78, 5) is 72.5. The van der Waals surface area contributed by atoms with Crippen molar-refractivity contribution < 1.29 is 28.7 Å². The molecule has 1 saturated carbocycles. The minimum Gasteiger partial charge on any atom is -0.453 e. The molecule has 0 spiro atoms. The zero-order valence-electron chi connectivity index (χ0n) is 34.2. The maximum atomic E-state index is 14.1. The van der Waals surface area contributed by atoms with E-state index in [0.717, 1.165) is 76.4 Å². The van der Waals surface area contributed by atoms with Crippen molar-refractivity contribution in [3.8, 4) is 22.4 Å². The van der Waals surface area contributed by atoms with E-state index in [9.17, 15) is 19.2 Å². The van der Waals surface area contributed by atoms with E-state index < -0.39 is 24.3 Å². The number of ether oxygens (including phenoxy) is 2. The zero-order chi connectivity index (χ0) is 41.7. The van der Waals surface area contributed by atoms with Crippen molar-refractivity contribution in [1.82, 2.24) is 40.4 Å². The van der Waals surface area contributed by atoms with Crippen molar-refractivity contribution in [2.75, 3.05) is 20.8 Å². The largest absolute Gasteiger partial charge is 0.453 e. The topological polar surface area (TPSA) is 175 Å². The van der Waals surface area contributed by atoms with E-state index >= 15 is 0 Å². The number of H-pyrrole nitrogens is 2. The molecule has 2 bridgehead atoms. The summed E-state index contributed by atoms with van der Waals surface area (Å²) in [5.74, 6) is 1.15. The monoisotopic (exact) mass is 822 g/mol. The van der Waals surface area contributed by atoms with E-state index in [1.165, 1.54) is 14.2 Å². The fourth-order valence-electron chi connectivity index (χ4n) is 9.39. The highest BCUT2D eigenvalue weighted by Gasteiger charge is 2.51. The number of nitrogens with one attached hydrogen (secondary N) is 4. The lowest BCUT2D eigenvalue weighted by Crippen LogP contribution is -2.54. The van der Waals surface area contributed by atoms with E-state index in [0.29, 0.717) is 29.1 Å². The Balaban J connectivity index is 1.02. The average molecular weight is 823 g/mol. The third kappa shape index (κ3) is 7.47. The summed E-state index contributed by atoms with van der Waals surface area (Å²) in [7, 11) is 2.59.